The molecular weight excluding hydrogens is 468 g/mol. The van der Waals surface area contributed by atoms with Crippen LogP contribution in [0, 0.1) is 0 Å². The van der Waals surface area contributed by atoms with Crippen molar-refractivity contribution in [1.82, 2.24) is 20.1 Å². The lowest BCUT2D eigenvalue weighted by molar-refractivity contribution is 0.0787. The maximum atomic E-state index is 10.4. The van der Waals surface area contributed by atoms with Gasteiger partial charge in [0.1, 0.15) is 5.69 Å². The number of H-pyrrole nitrogens is 1. The molecule has 0 unspecified atom stereocenters. The fourth-order valence-corrected chi connectivity index (χ4v) is 6.41. The fourth-order valence-electron chi connectivity index (χ4n) is 6.00. The highest BCUT2D eigenvalue weighted by Gasteiger charge is 2.25. The standard InChI is InChI=1S/C30H33ClN4O/c1-30(2,36)26-10-9-22(17-27(26)31)28-25-16-23(18-32-29(25)34-33-28)20-8-7-19-11-13-35(14-12-21(19)15-20)24-5-3-4-6-24/h7-10,15-18,24,36H,3-6,11-14H2,1-2H3,(H,32,33,34). The summed E-state index contributed by atoms with van der Waals surface area (Å²) in [6.07, 6.45) is 9.68. The average Bonchev–Trinajstić information content (AvgIpc) is 3.49. The highest BCUT2D eigenvalue weighted by Crippen LogP contribution is 2.35. The first kappa shape index (κ1) is 23.7. The van der Waals surface area contributed by atoms with Gasteiger partial charge in [0.2, 0.25) is 0 Å². The predicted octanol–water partition coefficient (Wildman–Crippen LogP) is 6.52. The number of halogens is 1. The molecule has 6 rings (SSSR count). The summed E-state index contributed by atoms with van der Waals surface area (Å²) >= 11 is 6.52. The second kappa shape index (κ2) is 9.29. The lowest BCUT2D eigenvalue weighted by atomic mass is 9.95. The minimum Gasteiger partial charge on any atom is -0.386 e. The number of pyridine rings is 1. The number of aromatic amines is 1. The Labute approximate surface area is 217 Å². The summed E-state index contributed by atoms with van der Waals surface area (Å²) in [4.78, 5) is 7.41. The van der Waals surface area contributed by atoms with Gasteiger partial charge in [0.05, 0.1) is 5.60 Å². The van der Waals surface area contributed by atoms with Crippen molar-refractivity contribution in [2.24, 2.45) is 0 Å². The number of nitrogens with zero attached hydrogens (tertiary/aromatic N) is 3. The molecule has 0 bridgehead atoms. The molecule has 186 valence electrons. The number of hydrogen-bond acceptors (Lipinski definition) is 4. The number of benzene rings is 2. The third kappa shape index (κ3) is 4.45. The van der Waals surface area contributed by atoms with E-state index in [1.54, 1.807) is 13.8 Å². The van der Waals surface area contributed by atoms with E-state index in [2.05, 4.69) is 44.3 Å². The largest absolute Gasteiger partial charge is 0.386 e. The summed E-state index contributed by atoms with van der Waals surface area (Å²) in [6, 6.07) is 15.6. The van der Waals surface area contributed by atoms with E-state index < -0.39 is 5.60 Å². The molecule has 1 aliphatic heterocycles. The van der Waals surface area contributed by atoms with Crippen LogP contribution in [0.4, 0.5) is 0 Å². The molecule has 1 saturated carbocycles. The summed E-state index contributed by atoms with van der Waals surface area (Å²) in [5.74, 6) is 0. The molecule has 2 aromatic carbocycles. The Morgan fingerprint density at radius 3 is 2.44 bits per heavy atom. The van der Waals surface area contributed by atoms with Crippen molar-refractivity contribution < 1.29 is 5.11 Å². The van der Waals surface area contributed by atoms with Crippen molar-refractivity contribution in [1.29, 1.82) is 0 Å². The van der Waals surface area contributed by atoms with Crippen LogP contribution in [0.5, 0.6) is 0 Å². The Hall–Kier alpha value is -2.73. The van der Waals surface area contributed by atoms with E-state index in [-0.39, 0.29) is 0 Å². The molecule has 6 heteroatoms. The molecule has 0 radical (unpaired) electrons. The quantitative estimate of drug-likeness (QED) is 0.335. The van der Waals surface area contributed by atoms with Crippen LogP contribution in [0.25, 0.3) is 33.4 Å². The molecule has 1 fully saturated rings. The van der Waals surface area contributed by atoms with Gasteiger partial charge in [-0.2, -0.15) is 5.10 Å². The molecule has 0 saturated heterocycles. The predicted molar refractivity (Wildman–Crippen MR) is 146 cm³/mol. The Bertz CT molecular complexity index is 1410. The van der Waals surface area contributed by atoms with E-state index in [4.69, 9.17) is 11.6 Å². The second-order valence-electron chi connectivity index (χ2n) is 10.9. The van der Waals surface area contributed by atoms with Gasteiger partial charge in [-0.3, -0.25) is 10.00 Å². The van der Waals surface area contributed by atoms with Gasteiger partial charge in [-0.05, 0) is 68.4 Å². The Balaban J connectivity index is 1.31. The first-order valence-electron chi connectivity index (χ1n) is 13.1. The number of rotatable bonds is 4. The van der Waals surface area contributed by atoms with Crippen molar-refractivity contribution in [2.75, 3.05) is 13.1 Å². The van der Waals surface area contributed by atoms with Crippen molar-refractivity contribution in [3.8, 4) is 22.4 Å². The Morgan fingerprint density at radius 2 is 1.69 bits per heavy atom. The molecule has 36 heavy (non-hydrogen) atoms. The van der Waals surface area contributed by atoms with Crippen molar-refractivity contribution >= 4 is 22.6 Å². The van der Waals surface area contributed by atoms with Crippen molar-refractivity contribution in [2.45, 2.75) is 64.0 Å². The van der Waals surface area contributed by atoms with E-state index in [1.165, 1.54) is 48.9 Å². The van der Waals surface area contributed by atoms with Gasteiger partial charge in [-0.1, -0.05) is 54.8 Å². The highest BCUT2D eigenvalue weighted by atomic mass is 35.5. The Morgan fingerprint density at radius 1 is 0.944 bits per heavy atom. The molecule has 0 spiro atoms. The molecule has 0 amide bonds. The van der Waals surface area contributed by atoms with Gasteiger partial charge in [-0.15, -0.1) is 0 Å². The van der Waals surface area contributed by atoms with Crippen LogP contribution in [0.3, 0.4) is 0 Å². The fraction of sp³-hybridized carbons (Fsp3) is 0.400. The summed E-state index contributed by atoms with van der Waals surface area (Å²) in [7, 11) is 0. The topological polar surface area (TPSA) is 65.0 Å². The monoisotopic (exact) mass is 500 g/mol. The number of fused-ring (bicyclic) bond motifs is 2. The van der Waals surface area contributed by atoms with E-state index in [0.29, 0.717) is 10.6 Å². The smallest absolute Gasteiger partial charge is 0.155 e. The molecule has 2 aromatic heterocycles. The summed E-state index contributed by atoms with van der Waals surface area (Å²) in [5, 5.41) is 19.5. The van der Waals surface area contributed by atoms with E-state index in [0.717, 1.165) is 53.3 Å². The number of nitrogens with one attached hydrogen (secondary N) is 1. The zero-order valence-electron chi connectivity index (χ0n) is 21.0. The zero-order chi connectivity index (χ0) is 24.9. The molecule has 1 aliphatic carbocycles. The van der Waals surface area contributed by atoms with Gasteiger partial charge in [0.15, 0.2) is 5.65 Å². The van der Waals surface area contributed by atoms with Gasteiger partial charge < -0.3 is 5.11 Å². The molecule has 3 heterocycles. The minimum absolute atomic E-state index is 0.526. The third-order valence-corrected chi connectivity index (χ3v) is 8.35. The number of hydrogen-bond donors (Lipinski definition) is 2. The van der Waals surface area contributed by atoms with Crippen molar-refractivity contribution in [3.63, 3.8) is 0 Å². The summed E-state index contributed by atoms with van der Waals surface area (Å²) in [5.41, 5.74) is 7.38. The highest BCUT2D eigenvalue weighted by molar-refractivity contribution is 6.31. The molecule has 0 atom stereocenters. The first-order valence-corrected chi connectivity index (χ1v) is 13.5. The molecule has 5 nitrogen and oxygen atoms in total. The van der Waals surface area contributed by atoms with E-state index >= 15 is 0 Å². The number of aromatic nitrogens is 3. The summed E-state index contributed by atoms with van der Waals surface area (Å²) < 4.78 is 0. The normalized spacial score (nSPS) is 17.4. The molecule has 2 aliphatic rings. The molecule has 2 N–H and O–H groups in total. The van der Waals surface area contributed by atoms with E-state index in [1.807, 2.05) is 24.4 Å². The van der Waals surface area contributed by atoms with Crippen LogP contribution in [-0.2, 0) is 18.4 Å². The lowest BCUT2D eigenvalue weighted by Gasteiger charge is -2.26. The Kier molecular flexibility index (Phi) is 6.11. The summed E-state index contributed by atoms with van der Waals surface area (Å²) in [6.45, 7) is 5.81. The molecule has 4 aromatic rings. The van der Waals surface area contributed by atoms with Crippen LogP contribution in [-0.4, -0.2) is 44.3 Å². The lowest BCUT2D eigenvalue weighted by Crippen LogP contribution is -2.35. The van der Waals surface area contributed by atoms with E-state index in [9.17, 15) is 5.11 Å². The third-order valence-electron chi connectivity index (χ3n) is 8.04. The SMILES string of the molecule is CC(C)(O)c1ccc(-c2n[nH]c3ncc(-c4ccc5c(c4)CCN(C4CCCC4)CC5)cc23)cc1Cl. The van der Waals surface area contributed by atoms with Crippen LogP contribution in [0.1, 0.15) is 56.2 Å². The zero-order valence-corrected chi connectivity index (χ0v) is 21.8. The van der Waals surface area contributed by atoms with Crippen molar-refractivity contribution in [3.05, 3.63) is 70.4 Å². The second-order valence-corrected chi connectivity index (χ2v) is 11.3. The minimum atomic E-state index is -1.00. The number of aliphatic hydroxyl groups is 1. The van der Waals surface area contributed by atoms with Crippen LogP contribution < -0.4 is 0 Å². The average molecular weight is 501 g/mol. The van der Waals surface area contributed by atoms with Gasteiger partial charge in [0.25, 0.3) is 0 Å². The van der Waals surface area contributed by atoms with Gasteiger partial charge in [0, 0.05) is 52.4 Å². The first-order chi connectivity index (χ1) is 17.4. The van der Waals surface area contributed by atoms with Gasteiger partial charge in [-0.25, -0.2) is 4.98 Å². The van der Waals surface area contributed by atoms with Crippen LogP contribution >= 0.6 is 11.6 Å². The maximum absolute atomic E-state index is 10.4. The maximum Gasteiger partial charge on any atom is 0.155 e. The molecular formula is C30H33ClN4O. The van der Waals surface area contributed by atoms with Crippen LogP contribution in [0.2, 0.25) is 5.02 Å². The van der Waals surface area contributed by atoms with Crippen LogP contribution in [0.15, 0.2) is 48.7 Å². The van der Waals surface area contributed by atoms with Gasteiger partial charge >= 0.3 is 0 Å².